The normalized spacial score (nSPS) is 17.7. The first-order valence-electron chi connectivity index (χ1n) is 11.2. The van der Waals surface area contributed by atoms with Crippen LogP contribution in [0.4, 0.5) is 0 Å². The van der Waals surface area contributed by atoms with Crippen molar-refractivity contribution in [2.45, 2.75) is 39.5 Å². The molecule has 172 valence electrons. The smallest absolute Gasteiger partial charge is 0.354 e. The number of hydrogen-bond donors (Lipinski definition) is 0. The number of morpholine rings is 1. The predicted octanol–water partition coefficient (Wildman–Crippen LogP) is 1.96. The van der Waals surface area contributed by atoms with Gasteiger partial charge in [0.2, 0.25) is 5.91 Å². The zero-order valence-electron chi connectivity index (χ0n) is 19.2. The summed E-state index contributed by atoms with van der Waals surface area (Å²) in [6.07, 6.45) is 3.94. The second-order valence-corrected chi connectivity index (χ2v) is 8.60. The van der Waals surface area contributed by atoms with E-state index in [9.17, 15) is 14.4 Å². The van der Waals surface area contributed by atoms with Gasteiger partial charge in [0, 0.05) is 50.4 Å². The van der Waals surface area contributed by atoms with E-state index >= 15 is 0 Å². The van der Waals surface area contributed by atoms with Crippen molar-refractivity contribution in [3.8, 4) is 0 Å². The predicted molar refractivity (Wildman–Crippen MR) is 116 cm³/mol. The highest BCUT2D eigenvalue weighted by Crippen LogP contribution is 2.27. The minimum absolute atomic E-state index is 0.0149. The monoisotopic (exact) mass is 433 g/mol. The first-order chi connectivity index (χ1) is 14.8. The van der Waals surface area contributed by atoms with E-state index in [1.165, 1.54) is 7.11 Å². The first-order valence-corrected chi connectivity index (χ1v) is 11.2. The molecule has 1 amide bonds. The van der Waals surface area contributed by atoms with Gasteiger partial charge in [0.25, 0.3) is 0 Å². The van der Waals surface area contributed by atoms with Gasteiger partial charge in [0.15, 0.2) is 5.78 Å². The summed E-state index contributed by atoms with van der Waals surface area (Å²) in [6.45, 7) is 7.98. The number of esters is 1. The van der Waals surface area contributed by atoms with E-state index in [0.29, 0.717) is 42.3 Å². The van der Waals surface area contributed by atoms with E-state index < -0.39 is 5.97 Å². The van der Waals surface area contributed by atoms with E-state index in [-0.39, 0.29) is 24.2 Å². The maximum Gasteiger partial charge on any atom is 0.354 e. The van der Waals surface area contributed by atoms with E-state index in [2.05, 4.69) is 4.90 Å². The van der Waals surface area contributed by atoms with Crippen LogP contribution in [0.2, 0.25) is 0 Å². The Hall–Kier alpha value is -2.19. The Labute approximate surface area is 184 Å². The van der Waals surface area contributed by atoms with Gasteiger partial charge in [-0.1, -0.05) is 12.8 Å². The molecule has 2 heterocycles. The SMILES string of the molecule is COC(=O)c1c(C)c(C(=O)CN(CCN2CCOCC2)C(=O)C2CCCC2)c(C)n1C. The third-order valence-corrected chi connectivity index (χ3v) is 6.73. The quantitative estimate of drug-likeness (QED) is 0.461. The van der Waals surface area contributed by atoms with Gasteiger partial charge in [-0.05, 0) is 32.3 Å². The number of methoxy groups -OCH3 is 1. The van der Waals surface area contributed by atoms with Crippen molar-refractivity contribution in [1.82, 2.24) is 14.4 Å². The largest absolute Gasteiger partial charge is 0.464 e. The topological polar surface area (TPSA) is 81.1 Å². The van der Waals surface area contributed by atoms with Crippen LogP contribution in [0.3, 0.4) is 0 Å². The molecule has 0 spiro atoms. The highest BCUT2D eigenvalue weighted by Gasteiger charge is 2.31. The number of hydrogen-bond acceptors (Lipinski definition) is 6. The molecule has 3 rings (SSSR count). The number of ketones is 1. The molecule has 8 heteroatoms. The fourth-order valence-corrected chi connectivity index (χ4v) is 4.81. The summed E-state index contributed by atoms with van der Waals surface area (Å²) < 4.78 is 12.0. The Morgan fingerprint density at radius 2 is 1.77 bits per heavy atom. The fourth-order valence-electron chi connectivity index (χ4n) is 4.81. The van der Waals surface area contributed by atoms with E-state index in [4.69, 9.17) is 9.47 Å². The molecule has 0 atom stereocenters. The van der Waals surface area contributed by atoms with Crippen LogP contribution in [0.15, 0.2) is 0 Å². The average Bonchev–Trinajstić information content (AvgIpc) is 3.38. The maximum atomic E-state index is 13.4. The molecule has 8 nitrogen and oxygen atoms in total. The van der Waals surface area contributed by atoms with E-state index in [0.717, 1.165) is 45.3 Å². The van der Waals surface area contributed by atoms with Crippen molar-refractivity contribution in [2.75, 3.05) is 53.0 Å². The number of nitrogens with zero attached hydrogens (tertiary/aromatic N) is 3. The molecule has 0 N–H and O–H groups in total. The molecule has 2 aliphatic rings. The summed E-state index contributed by atoms with van der Waals surface area (Å²) in [7, 11) is 3.09. The highest BCUT2D eigenvalue weighted by molar-refractivity contribution is 6.04. The van der Waals surface area contributed by atoms with Crippen LogP contribution in [0.25, 0.3) is 0 Å². The van der Waals surface area contributed by atoms with Crippen LogP contribution in [-0.4, -0.2) is 85.1 Å². The van der Waals surface area contributed by atoms with Crippen molar-refractivity contribution < 1.29 is 23.9 Å². The van der Waals surface area contributed by atoms with E-state index in [1.807, 2.05) is 6.92 Å². The molecular weight excluding hydrogens is 398 g/mol. The molecule has 1 saturated heterocycles. The zero-order valence-corrected chi connectivity index (χ0v) is 19.2. The number of amides is 1. The van der Waals surface area contributed by atoms with E-state index in [1.54, 1.807) is 23.4 Å². The van der Waals surface area contributed by atoms with Crippen molar-refractivity contribution in [1.29, 1.82) is 0 Å². The highest BCUT2D eigenvalue weighted by atomic mass is 16.5. The molecule has 0 radical (unpaired) electrons. The fraction of sp³-hybridized carbons (Fsp3) is 0.696. The van der Waals surface area contributed by atoms with Gasteiger partial charge in [0.1, 0.15) is 5.69 Å². The molecule has 0 unspecified atom stereocenters. The molecule has 1 aromatic heterocycles. The van der Waals surface area contributed by atoms with Crippen molar-refractivity contribution in [2.24, 2.45) is 13.0 Å². The van der Waals surface area contributed by atoms with Crippen LogP contribution in [0, 0.1) is 19.8 Å². The molecule has 0 bridgehead atoms. The molecule has 1 aromatic rings. The minimum Gasteiger partial charge on any atom is -0.464 e. The molecule has 1 aliphatic carbocycles. The number of aromatic nitrogens is 1. The molecule has 2 fully saturated rings. The van der Waals surface area contributed by atoms with Crippen LogP contribution in [0.1, 0.15) is 57.8 Å². The Balaban J connectivity index is 1.78. The summed E-state index contributed by atoms with van der Waals surface area (Å²) in [6, 6.07) is 0. The van der Waals surface area contributed by atoms with Gasteiger partial charge in [-0.15, -0.1) is 0 Å². The van der Waals surface area contributed by atoms with Gasteiger partial charge >= 0.3 is 5.97 Å². The van der Waals surface area contributed by atoms with Gasteiger partial charge in [-0.3, -0.25) is 14.5 Å². The van der Waals surface area contributed by atoms with Gasteiger partial charge in [0.05, 0.1) is 26.9 Å². The Morgan fingerprint density at radius 1 is 1.13 bits per heavy atom. The second kappa shape index (κ2) is 10.4. The summed E-state index contributed by atoms with van der Waals surface area (Å²) in [5, 5.41) is 0. The Bertz CT molecular complexity index is 820. The molecular formula is C23H35N3O5. The second-order valence-electron chi connectivity index (χ2n) is 8.60. The van der Waals surface area contributed by atoms with Crippen LogP contribution < -0.4 is 0 Å². The summed E-state index contributed by atoms with van der Waals surface area (Å²) in [4.78, 5) is 42.8. The standard InChI is InChI=1S/C23H35N3O5/c1-16-20(17(2)24(3)21(16)23(29)30-4)19(27)15-26(22(28)18-7-5-6-8-18)10-9-25-11-13-31-14-12-25/h18H,5-15H2,1-4H3. The van der Waals surface area contributed by atoms with Crippen molar-refractivity contribution in [3.05, 3.63) is 22.5 Å². The lowest BCUT2D eigenvalue weighted by Crippen LogP contribution is -2.46. The summed E-state index contributed by atoms with van der Waals surface area (Å²) in [5.74, 6) is -0.498. The number of ether oxygens (including phenoxy) is 2. The third kappa shape index (κ3) is 5.18. The number of rotatable bonds is 8. The molecule has 0 aromatic carbocycles. The Morgan fingerprint density at radius 3 is 2.39 bits per heavy atom. The zero-order chi connectivity index (χ0) is 22.5. The van der Waals surface area contributed by atoms with Crippen LogP contribution in [-0.2, 0) is 21.3 Å². The first kappa shape index (κ1) is 23.5. The molecule has 1 aliphatic heterocycles. The summed E-state index contributed by atoms with van der Waals surface area (Å²) >= 11 is 0. The minimum atomic E-state index is -0.464. The third-order valence-electron chi connectivity index (χ3n) is 6.73. The number of carbonyl (C=O) groups is 3. The molecule has 31 heavy (non-hydrogen) atoms. The van der Waals surface area contributed by atoms with Crippen molar-refractivity contribution >= 4 is 17.7 Å². The average molecular weight is 434 g/mol. The lowest BCUT2D eigenvalue weighted by molar-refractivity contribution is -0.135. The van der Waals surface area contributed by atoms with Crippen LogP contribution in [0.5, 0.6) is 0 Å². The number of carbonyl (C=O) groups excluding carboxylic acids is 3. The van der Waals surface area contributed by atoms with Gasteiger partial charge < -0.3 is 18.9 Å². The van der Waals surface area contributed by atoms with Gasteiger partial charge in [-0.25, -0.2) is 4.79 Å². The van der Waals surface area contributed by atoms with Gasteiger partial charge in [-0.2, -0.15) is 0 Å². The maximum absolute atomic E-state index is 13.4. The number of Topliss-reactive ketones (excluding diaryl/α,β-unsaturated/α-hetero) is 1. The molecule has 1 saturated carbocycles. The lowest BCUT2D eigenvalue weighted by Gasteiger charge is -2.31. The Kier molecular flexibility index (Phi) is 7.89. The van der Waals surface area contributed by atoms with Crippen molar-refractivity contribution in [3.63, 3.8) is 0 Å². The van der Waals surface area contributed by atoms with Crippen LogP contribution >= 0.6 is 0 Å². The summed E-state index contributed by atoms with van der Waals surface area (Å²) in [5.41, 5.74) is 2.21. The lowest BCUT2D eigenvalue weighted by atomic mass is 10.0.